The normalized spacial score (nSPS) is 10.8. The van der Waals surface area contributed by atoms with Gasteiger partial charge in [-0.1, -0.05) is 12.2 Å². The largest absolute Gasteiger partial charge is 0.478 e. The third-order valence-corrected chi connectivity index (χ3v) is 2.31. The predicted molar refractivity (Wildman–Crippen MR) is 54.0 cm³/mol. The molecule has 0 spiro atoms. The van der Waals surface area contributed by atoms with Gasteiger partial charge in [-0.3, -0.25) is 0 Å². The lowest BCUT2D eigenvalue weighted by Crippen LogP contribution is -1.96. The van der Waals surface area contributed by atoms with Crippen molar-refractivity contribution in [3.8, 4) is 0 Å². The Kier molecular flexibility index (Phi) is 3.67. The van der Waals surface area contributed by atoms with Gasteiger partial charge in [0.15, 0.2) is 0 Å². The fraction of sp³-hybridized carbons (Fsp3) is 0.222. The molecule has 0 saturated heterocycles. The average Bonchev–Trinajstić information content (AvgIpc) is 2.53. The fourth-order valence-corrected chi connectivity index (χ4v) is 1.71. The number of carboxylic acids is 1. The topological polar surface area (TPSA) is 63.3 Å². The maximum absolute atomic E-state index is 10.7. The van der Waals surface area contributed by atoms with Gasteiger partial charge in [0.2, 0.25) is 0 Å². The van der Waals surface area contributed by atoms with Crippen molar-refractivity contribution in [2.75, 3.05) is 6.54 Å². The van der Waals surface area contributed by atoms with E-state index in [9.17, 15) is 4.79 Å². The lowest BCUT2D eigenvalue weighted by atomic mass is 10.2. The number of rotatable bonds is 4. The molecular formula is C9H11NO2S. The Bertz CT molecular complexity index is 317. The van der Waals surface area contributed by atoms with Crippen LogP contribution in [0.4, 0.5) is 0 Å². The summed E-state index contributed by atoms with van der Waals surface area (Å²) in [5.41, 5.74) is 6.42. The average molecular weight is 197 g/mol. The minimum absolute atomic E-state index is 0.360. The highest BCUT2D eigenvalue weighted by Crippen LogP contribution is 2.16. The van der Waals surface area contributed by atoms with Crippen molar-refractivity contribution in [3.05, 3.63) is 28.0 Å². The minimum atomic E-state index is -0.881. The van der Waals surface area contributed by atoms with Gasteiger partial charge in [-0.25, -0.2) is 4.79 Å². The van der Waals surface area contributed by atoms with Crippen LogP contribution in [0.3, 0.4) is 0 Å². The van der Waals surface area contributed by atoms with Gasteiger partial charge in [-0.2, -0.15) is 11.3 Å². The molecule has 3 N–H and O–H groups in total. The van der Waals surface area contributed by atoms with Crippen LogP contribution in [-0.4, -0.2) is 17.6 Å². The summed E-state index contributed by atoms with van der Waals surface area (Å²) in [7, 11) is 0. The maximum Gasteiger partial charge on any atom is 0.337 e. The number of thiophene rings is 1. The van der Waals surface area contributed by atoms with E-state index in [0.29, 0.717) is 12.1 Å². The Morgan fingerprint density at radius 3 is 3.00 bits per heavy atom. The van der Waals surface area contributed by atoms with Gasteiger partial charge >= 0.3 is 5.97 Å². The van der Waals surface area contributed by atoms with Crippen LogP contribution in [0.5, 0.6) is 0 Å². The zero-order valence-electron chi connectivity index (χ0n) is 7.06. The van der Waals surface area contributed by atoms with E-state index in [2.05, 4.69) is 0 Å². The number of carboxylic acid groups (broad SMARTS) is 1. The van der Waals surface area contributed by atoms with Gasteiger partial charge in [-0.15, -0.1) is 0 Å². The number of hydrogen-bond acceptors (Lipinski definition) is 3. The Morgan fingerprint density at radius 1 is 1.62 bits per heavy atom. The molecule has 0 aliphatic rings. The predicted octanol–water partition coefficient (Wildman–Crippen LogP) is 1.81. The van der Waals surface area contributed by atoms with E-state index in [0.717, 1.165) is 12.0 Å². The van der Waals surface area contributed by atoms with Crippen LogP contribution in [0, 0.1) is 0 Å². The third kappa shape index (κ3) is 2.68. The van der Waals surface area contributed by atoms with Gasteiger partial charge in [0, 0.05) is 5.38 Å². The SMILES string of the molecule is NCCC=Cc1cscc1C(=O)O. The summed E-state index contributed by atoms with van der Waals surface area (Å²) in [5, 5.41) is 12.2. The first-order chi connectivity index (χ1) is 6.25. The summed E-state index contributed by atoms with van der Waals surface area (Å²) in [6, 6.07) is 0. The smallest absolute Gasteiger partial charge is 0.337 e. The highest BCUT2D eigenvalue weighted by Gasteiger charge is 2.07. The van der Waals surface area contributed by atoms with E-state index in [1.165, 1.54) is 11.3 Å². The number of carbonyl (C=O) groups is 1. The van der Waals surface area contributed by atoms with Gasteiger partial charge in [0.05, 0.1) is 5.56 Å². The summed E-state index contributed by atoms with van der Waals surface area (Å²) >= 11 is 1.39. The molecule has 4 heteroatoms. The minimum Gasteiger partial charge on any atom is -0.478 e. The maximum atomic E-state index is 10.7. The number of hydrogen-bond donors (Lipinski definition) is 2. The van der Waals surface area contributed by atoms with Crippen molar-refractivity contribution in [1.29, 1.82) is 0 Å². The van der Waals surface area contributed by atoms with Gasteiger partial charge in [0.1, 0.15) is 0 Å². The quantitative estimate of drug-likeness (QED) is 0.773. The van der Waals surface area contributed by atoms with Crippen molar-refractivity contribution in [2.45, 2.75) is 6.42 Å². The molecule has 0 unspecified atom stereocenters. The van der Waals surface area contributed by atoms with E-state index in [-0.39, 0.29) is 0 Å². The van der Waals surface area contributed by atoms with Crippen molar-refractivity contribution < 1.29 is 9.90 Å². The highest BCUT2D eigenvalue weighted by molar-refractivity contribution is 7.08. The molecule has 0 radical (unpaired) electrons. The zero-order valence-corrected chi connectivity index (χ0v) is 7.88. The van der Waals surface area contributed by atoms with Gasteiger partial charge in [0.25, 0.3) is 0 Å². The van der Waals surface area contributed by atoms with Gasteiger partial charge < -0.3 is 10.8 Å². The molecule has 0 aliphatic carbocycles. The molecule has 0 bridgehead atoms. The molecule has 1 aromatic rings. The van der Waals surface area contributed by atoms with E-state index >= 15 is 0 Å². The molecule has 3 nitrogen and oxygen atoms in total. The molecular weight excluding hydrogens is 186 g/mol. The first kappa shape index (κ1) is 9.95. The van der Waals surface area contributed by atoms with Crippen LogP contribution >= 0.6 is 11.3 Å². The van der Waals surface area contributed by atoms with Crippen molar-refractivity contribution in [1.82, 2.24) is 0 Å². The molecule has 0 aliphatic heterocycles. The van der Waals surface area contributed by atoms with Crippen LogP contribution < -0.4 is 5.73 Å². The second-order valence-electron chi connectivity index (χ2n) is 2.53. The molecule has 13 heavy (non-hydrogen) atoms. The standard InChI is InChI=1S/C9H11NO2S/c10-4-2-1-3-7-5-13-6-8(7)9(11)12/h1,3,5-6H,2,4,10H2,(H,11,12). The van der Waals surface area contributed by atoms with Crippen LogP contribution in [0.1, 0.15) is 22.3 Å². The van der Waals surface area contributed by atoms with E-state index in [1.807, 2.05) is 11.5 Å². The fourth-order valence-electron chi connectivity index (χ4n) is 0.916. The lowest BCUT2D eigenvalue weighted by molar-refractivity contribution is 0.0697. The molecule has 0 aromatic carbocycles. The monoisotopic (exact) mass is 197 g/mol. The molecule has 1 rings (SSSR count). The molecule has 1 aromatic heterocycles. The first-order valence-electron chi connectivity index (χ1n) is 3.91. The first-order valence-corrected chi connectivity index (χ1v) is 4.86. The Morgan fingerprint density at radius 2 is 2.38 bits per heavy atom. The van der Waals surface area contributed by atoms with Gasteiger partial charge in [-0.05, 0) is 23.9 Å². The number of nitrogens with two attached hydrogens (primary N) is 1. The Balaban J connectivity index is 2.76. The van der Waals surface area contributed by atoms with Crippen LogP contribution in [0.15, 0.2) is 16.8 Å². The van der Waals surface area contributed by atoms with Crippen LogP contribution in [0.2, 0.25) is 0 Å². The van der Waals surface area contributed by atoms with Crippen molar-refractivity contribution in [3.63, 3.8) is 0 Å². The summed E-state index contributed by atoms with van der Waals surface area (Å²) < 4.78 is 0. The second-order valence-corrected chi connectivity index (χ2v) is 3.27. The second kappa shape index (κ2) is 4.79. The van der Waals surface area contributed by atoms with Crippen molar-refractivity contribution in [2.24, 2.45) is 5.73 Å². The molecule has 1 heterocycles. The summed E-state index contributed by atoms with van der Waals surface area (Å²) in [6.07, 6.45) is 4.45. The molecule has 0 amide bonds. The highest BCUT2D eigenvalue weighted by atomic mass is 32.1. The van der Waals surface area contributed by atoms with E-state index < -0.39 is 5.97 Å². The molecule has 0 fully saturated rings. The van der Waals surface area contributed by atoms with Crippen LogP contribution in [0.25, 0.3) is 6.08 Å². The number of aromatic carboxylic acids is 1. The molecule has 0 saturated carbocycles. The van der Waals surface area contributed by atoms with E-state index in [1.54, 1.807) is 11.5 Å². The van der Waals surface area contributed by atoms with E-state index in [4.69, 9.17) is 10.8 Å². The zero-order chi connectivity index (χ0) is 9.68. The Hall–Kier alpha value is -1.13. The molecule has 70 valence electrons. The van der Waals surface area contributed by atoms with Crippen LogP contribution in [-0.2, 0) is 0 Å². The Labute approximate surface area is 80.5 Å². The summed E-state index contributed by atoms with van der Waals surface area (Å²) in [5.74, 6) is -0.881. The lowest BCUT2D eigenvalue weighted by Gasteiger charge is -1.91. The van der Waals surface area contributed by atoms with Crippen molar-refractivity contribution >= 4 is 23.4 Å². The third-order valence-electron chi connectivity index (χ3n) is 1.55. The summed E-state index contributed by atoms with van der Waals surface area (Å²) in [6.45, 7) is 0.586. The molecule has 0 atom stereocenters. The summed E-state index contributed by atoms with van der Waals surface area (Å²) in [4.78, 5) is 10.7.